The Bertz CT molecular complexity index is 942. The number of benzene rings is 1. The monoisotopic (exact) mass is 511 g/mol. The van der Waals surface area contributed by atoms with Gasteiger partial charge in [0.2, 0.25) is 11.8 Å². The third-order valence-corrected chi connectivity index (χ3v) is 5.64. The number of nitrogens with zero attached hydrogens (tertiary/aromatic N) is 1. The molecular formula is C21H29N5O8S. The summed E-state index contributed by atoms with van der Waals surface area (Å²) in [5.74, 6) is -3.45. The van der Waals surface area contributed by atoms with E-state index in [1.165, 1.54) is 12.1 Å². The molecule has 0 aliphatic rings. The van der Waals surface area contributed by atoms with Crippen LogP contribution in [0.2, 0.25) is 0 Å². The molecule has 0 saturated heterocycles. The largest absolute Gasteiger partial charge is 0.481 e. The van der Waals surface area contributed by atoms with Gasteiger partial charge in [0.05, 0.1) is 17.0 Å². The number of rotatable bonds is 16. The first-order chi connectivity index (χ1) is 16.6. The number of nitrogens with one attached hydrogen (secondary N) is 3. The van der Waals surface area contributed by atoms with E-state index in [0.717, 1.165) is 17.8 Å². The van der Waals surface area contributed by atoms with Crippen molar-refractivity contribution in [2.75, 3.05) is 19.3 Å². The molecule has 0 spiro atoms. The number of amides is 3. The van der Waals surface area contributed by atoms with E-state index in [-0.39, 0.29) is 30.6 Å². The van der Waals surface area contributed by atoms with Crippen LogP contribution < -0.4 is 21.7 Å². The van der Waals surface area contributed by atoms with E-state index in [9.17, 15) is 34.1 Å². The molecule has 0 aliphatic carbocycles. The predicted octanol–water partition coefficient (Wildman–Crippen LogP) is 0.209. The van der Waals surface area contributed by atoms with Gasteiger partial charge in [0.25, 0.3) is 11.6 Å². The molecule has 14 heteroatoms. The van der Waals surface area contributed by atoms with Crippen LogP contribution >= 0.6 is 11.8 Å². The van der Waals surface area contributed by atoms with E-state index >= 15 is 0 Å². The van der Waals surface area contributed by atoms with Crippen LogP contribution in [0.25, 0.3) is 0 Å². The summed E-state index contributed by atoms with van der Waals surface area (Å²) in [7, 11) is 0. The average molecular weight is 512 g/mol. The average Bonchev–Trinajstić information content (AvgIpc) is 2.83. The third kappa shape index (κ3) is 10.1. The fourth-order valence-electron chi connectivity index (χ4n) is 3.06. The fraction of sp³-hybridized carbons (Fsp3) is 0.476. The van der Waals surface area contributed by atoms with E-state index in [4.69, 9.17) is 10.8 Å². The standard InChI is InChI=1S/C21H29N5O8S/c1-35-17-7-5-13(26(33)34)12-14(17)19(30)24-16(6-8-18(28)29)21(32)25-15(4-2-3-9-22)20(31)23-10-11-27/h5,7,11-12,15-16H,2-4,6,8-10,22H2,1H3,(H,23,31)(H,24,30)(H,25,32)(H,28,29). The molecule has 0 radical (unpaired) electrons. The number of nitrogens with two attached hydrogens (primary N) is 1. The molecule has 0 saturated carbocycles. The van der Waals surface area contributed by atoms with E-state index < -0.39 is 47.1 Å². The Balaban J connectivity index is 3.13. The number of aldehydes is 1. The van der Waals surface area contributed by atoms with E-state index in [2.05, 4.69) is 16.0 Å². The van der Waals surface area contributed by atoms with Crippen molar-refractivity contribution in [3.8, 4) is 0 Å². The molecule has 6 N–H and O–H groups in total. The van der Waals surface area contributed by atoms with Gasteiger partial charge < -0.3 is 31.6 Å². The number of nitro groups is 1. The summed E-state index contributed by atoms with van der Waals surface area (Å²) in [4.78, 5) is 70.8. The van der Waals surface area contributed by atoms with E-state index in [0.29, 0.717) is 30.6 Å². The SMILES string of the molecule is CSc1ccc([N+](=O)[O-])cc1C(=O)NC(CCC(=O)O)C(=O)NC(CCCCN)C(=O)NCC=O. The van der Waals surface area contributed by atoms with Crippen LogP contribution in [0.15, 0.2) is 23.1 Å². The van der Waals surface area contributed by atoms with Crippen LogP contribution in [0.1, 0.15) is 42.5 Å². The van der Waals surface area contributed by atoms with Crippen LogP contribution in [-0.2, 0) is 19.2 Å². The Morgan fingerprint density at radius 1 is 1.14 bits per heavy atom. The Morgan fingerprint density at radius 2 is 1.83 bits per heavy atom. The molecule has 192 valence electrons. The van der Waals surface area contributed by atoms with Gasteiger partial charge in [-0.05, 0) is 44.6 Å². The minimum Gasteiger partial charge on any atom is -0.481 e. The Kier molecular flexibility index (Phi) is 13.0. The maximum absolute atomic E-state index is 13.0. The van der Waals surface area contributed by atoms with Crippen molar-refractivity contribution in [3.05, 3.63) is 33.9 Å². The van der Waals surface area contributed by atoms with Crippen molar-refractivity contribution in [1.82, 2.24) is 16.0 Å². The number of carboxylic acids is 1. The van der Waals surface area contributed by atoms with Gasteiger partial charge in [-0.2, -0.15) is 0 Å². The van der Waals surface area contributed by atoms with Gasteiger partial charge in [-0.1, -0.05) is 0 Å². The molecule has 35 heavy (non-hydrogen) atoms. The smallest absolute Gasteiger partial charge is 0.303 e. The molecule has 0 bridgehead atoms. The molecular weight excluding hydrogens is 482 g/mol. The first-order valence-electron chi connectivity index (χ1n) is 10.7. The molecule has 13 nitrogen and oxygen atoms in total. The number of hydrogen-bond acceptors (Lipinski definition) is 9. The van der Waals surface area contributed by atoms with Crippen molar-refractivity contribution in [2.45, 2.75) is 49.1 Å². The fourth-order valence-corrected chi connectivity index (χ4v) is 3.63. The number of carbonyl (C=O) groups is 5. The zero-order chi connectivity index (χ0) is 26.4. The second-order valence-corrected chi connectivity index (χ2v) is 8.21. The highest BCUT2D eigenvalue weighted by molar-refractivity contribution is 7.98. The lowest BCUT2D eigenvalue weighted by atomic mass is 10.1. The highest BCUT2D eigenvalue weighted by Gasteiger charge is 2.28. The summed E-state index contributed by atoms with van der Waals surface area (Å²) in [6, 6.07) is 1.31. The van der Waals surface area contributed by atoms with Crippen molar-refractivity contribution >= 4 is 47.4 Å². The molecule has 2 atom stereocenters. The number of carbonyl (C=O) groups excluding carboxylic acids is 4. The van der Waals surface area contributed by atoms with Crippen LogP contribution in [0.3, 0.4) is 0 Å². The zero-order valence-electron chi connectivity index (χ0n) is 19.2. The summed E-state index contributed by atoms with van der Waals surface area (Å²) in [5.41, 5.74) is 5.09. The Hall–Kier alpha value is -3.52. The second-order valence-electron chi connectivity index (χ2n) is 7.36. The predicted molar refractivity (Wildman–Crippen MR) is 127 cm³/mol. The maximum atomic E-state index is 13.0. The molecule has 0 aromatic heterocycles. The van der Waals surface area contributed by atoms with Crippen molar-refractivity contribution in [1.29, 1.82) is 0 Å². The Labute approximate surface area is 205 Å². The van der Waals surface area contributed by atoms with Gasteiger partial charge >= 0.3 is 5.97 Å². The minimum atomic E-state index is -1.34. The van der Waals surface area contributed by atoms with Gasteiger partial charge in [-0.25, -0.2) is 0 Å². The van der Waals surface area contributed by atoms with Crippen molar-refractivity contribution in [3.63, 3.8) is 0 Å². The summed E-state index contributed by atoms with van der Waals surface area (Å²) >= 11 is 1.16. The molecule has 1 aromatic carbocycles. The lowest BCUT2D eigenvalue weighted by molar-refractivity contribution is -0.384. The number of hydrogen-bond donors (Lipinski definition) is 5. The number of unbranched alkanes of at least 4 members (excludes halogenated alkanes) is 1. The normalized spacial score (nSPS) is 12.2. The lowest BCUT2D eigenvalue weighted by Crippen LogP contribution is -2.54. The number of thioether (sulfide) groups is 1. The van der Waals surface area contributed by atoms with Gasteiger partial charge in [0, 0.05) is 23.4 Å². The van der Waals surface area contributed by atoms with Crippen LogP contribution in [0, 0.1) is 10.1 Å². The third-order valence-electron chi connectivity index (χ3n) is 4.85. The van der Waals surface area contributed by atoms with Crippen LogP contribution in [0.4, 0.5) is 5.69 Å². The van der Waals surface area contributed by atoms with E-state index in [1.807, 2.05) is 0 Å². The summed E-state index contributed by atoms with van der Waals surface area (Å²) in [6.45, 7) is 0.112. The summed E-state index contributed by atoms with van der Waals surface area (Å²) < 4.78 is 0. The molecule has 0 fully saturated rings. The number of nitro benzene ring substituents is 1. The molecule has 0 heterocycles. The molecule has 3 amide bonds. The topological polar surface area (TPSA) is 211 Å². The molecule has 0 aliphatic heterocycles. The first kappa shape index (κ1) is 29.5. The highest BCUT2D eigenvalue weighted by atomic mass is 32.2. The van der Waals surface area contributed by atoms with Crippen LogP contribution in [0.5, 0.6) is 0 Å². The van der Waals surface area contributed by atoms with Gasteiger partial charge in [0.15, 0.2) is 0 Å². The van der Waals surface area contributed by atoms with Crippen molar-refractivity contribution < 1.29 is 34.0 Å². The highest BCUT2D eigenvalue weighted by Crippen LogP contribution is 2.25. The quantitative estimate of drug-likeness (QED) is 0.0669. The number of non-ortho nitro benzene ring substituents is 1. The van der Waals surface area contributed by atoms with Gasteiger partial charge in [0.1, 0.15) is 18.4 Å². The number of carboxylic acid groups (broad SMARTS) is 1. The molecule has 1 aromatic rings. The maximum Gasteiger partial charge on any atom is 0.303 e. The van der Waals surface area contributed by atoms with Crippen molar-refractivity contribution in [2.24, 2.45) is 5.73 Å². The molecule has 2 unspecified atom stereocenters. The minimum absolute atomic E-state index is 0.0527. The zero-order valence-corrected chi connectivity index (χ0v) is 20.0. The van der Waals surface area contributed by atoms with Crippen LogP contribution in [-0.4, -0.2) is 71.4 Å². The summed E-state index contributed by atoms with van der Waals surface area (Å²) in [5, 5.41) is 27.4. The number of aliphatic carboxylic acids is 1. The summed E-state index contributed by atoms with van der Waals surface area (Å²) in [6.07, 6.45) is 2.67. The first-order valence-corrected chi connectivity index (χ1v) is 11.9. The van der Waals surface area contributed by atoms with Gasteiger partial charge in [-0.15, -0.1) is 11.8 Å². The lowest BCUT2D eigenvalue weighted by Gasteiger charge is -2.23. The second kappa shape index (κ2) is 15.4. The van der Waals surface area contributed by atoms with Gasteiger partial charge in [-0.3, -0.25) is 29.3 Å². The Morgan fingerprint density at radius 3 is 2.40 bits per heavy atom. The van der Waals surface area contributed by atoms with E-state index in [1.54, 1.807) is 6.26 Å². The molecule has 1 rings (SSSR count).